The number of hydrogen-bond donors (Lipinski definition) is 0. The molecule has 0 aliphatic carbocycles. The van der Waals surface area contributed by atoms with Crippen molar-refractivity contribution in [3.63, 3.8) is 0 Å². The number of imide groups is 1. The second kappa shape index (κ2) is 10.8. The Bertz CT molecular complexity index is 1430. The Labute approximate surface area is 224 Å². The van der Waals surface area contributed by atoms with Crippen molar-refractivity contribution < 1.29 is 27.5 Å². The van der Waals surface area contributed by atoms with Gasteiger partial charge in [0.1, 0.15) is 12.1 Å². The number of hydrogen-bond acceptors (Lipinski definition) is 9. The lowest BCUT2D eigenvalue weighted by molar-refractivity contribution is -0.119. The molecule has 0 unspecified atom stereocenters. The average Bonchev–Trinajstić information content (AvgIpc) is 3.39. The number of ether oxygens (including phenoxy) is 1. The van der Waals surface area contributed by atoms with E-state index < -0.39 is 34.1 Å². The number of morpholine rings is 1. The average molecular weight is 565 g/mol. The molecule has 0 spiro atoms. The molecule has 1 saturated heterocycles. The van der Waals surface area contributed by atoms with Crippen LogP contribution in [0.4, 0.5) is 5.13 Å². The number of aromatic nitrogens is 1. The summed E-state index contributed by atoms with van der Waals surface area (Å²) in [5.41, 5.74) is 0.839. The molecular weight excluding hydrogens is 540 g/mol. The maximum absolute atomic E-state index is 13.6. The first-order valence-electron chi connectivity index (χ1n) is 11.4. The van der Waals surface area contributed by atoms with Crippen LogP contribution in [0.3, 0.4) is 0 Å². The molecule has 0 N–H and O–H groups in total. The quantitative estimate of drug-likeness (QED) is 0.400. The standard InChI is InChI=1S/C24H24N4O6S2.ClH/c1-36(32,33)19-8-4-7-18-21(19)25-24(35-18)27(10-9-26-11-13-34-14-12-26)20(29)15-28-22(30)16-5-2-3-6-17(16)23(28)31;/h2-8H,9-15H2,1H3;1H. The van der Waals surface area contributed by atoms with Crippen LogP contribution in [0, 0.1) is 0 Å². The molecule has 2 aliphatic heterocycles. The zero-order valence-corrected chi connectivity index (χ0v) is 22.4. The lowest BCUT2D eigenvalue weighted by Crippen LogP contribution is -2.47. The van der Waals surface area contributed by atoms with Crippen LogP contribution in [0.15, 0.2) is 47.4 Å². The first-order chi connectivity index (χ1) is 17.2. The molecule has 10 nitrogen and oxygen atoms in total. The van der Waals surface area contributed by atoms with E-state index in [1.165, 1.54) is 22.3 Å². The Kier molecular flexibility index (Phi) is 7.95. The molecule has 1 aromatic heterocycles. The van der Waals surface area contributed by atoms with Crippen LogP contribution in [0.1, 0.15) is 20.7 Å². The number of thiazole rings is 1. The van der Waals surface area contributed by atoms with Gasteiger partial charge in [-0.05, 0) is 24.3 Å². The SMILES string of the molecule is CS(=O)(=O)c1cccc2sc(N(CCN3CCOCC3)C(=O)CN3C(=O)c4ccccc4C3=O)nc12.Cl. The number of sulfone groups is 1. The van der Waals surface area contributed by atoms with Gasteiger partial charge in [0.05, 0.1) is 33.9 Å². The molecule has 196 valence electrons. The highest BCUT2D eigenvalue weighted by Crippen LogP contribution is 2.33. The van der Waals surface area contributed by atoms with Crippen LogP contribution >= 0.6 is 23.7 Å². The van der Waals surface area contributed by atoms with Crippen molar-refractivity contribution in [2.45, 2.75) is 4.90 Å². The van der Waals surface area contributed by atoms with E-state index in [-0.39, 0.29) is 35.0 Å². The Morgan fingerprint density at radius 3 is 2.32 bits per heavy atom. The fraction of sp³-hybridized carbons (Fsp3) is 0.333. The van der Waals surface area contributed by atoms with Crippen molar-refractivity contribution in [2.24, 2.45) is 0 Å². The second-order valence-electron chi connectivity index (χ2n) is 8.61. The summed E-state index contributed by atoms with van der Waals surface area (Å²) in [5, 5.41) is 0.316. The molecule has 37 heavy (non-hydrogen) atoms. The van der Waals surface area contributed by atoms with Gasteiger partial charge >= 0.3 is 0 Å². The minimum Gasteiger partial charge on any atom is -0.379 e. The van der Waals surface area contributed by atoms with Crippen molar-refractivity contribution in [2.75, 3.05) is 57.1 Å². The lowest BCUT2D eigenvalue weighted by atomic mass is 10.1. The minimum absolute atomic E-state index is 0. The molecule has 2 aromatic carbocycles. The second-order valence-corrected chi connectivity index (χ2v) is 11.6. The van der Waals surface area contributed by atoms with Crippen molar-refractivity contribution in [1.29, 1.82) is 0 Å². The zero-order chi connectivity index (χ0) is 25.4. The van der Waals surface area contributed by atoms with E-state index >= 15 is 0 Å². The molecule has 13 heteroatoms. The zero-order valence-electron chi connectivity index (χ0n) is 20.0. The number of fused-ring (bicyclic) bond motifs is 2. The Balaban J connectivity index is 0.00000320. The van der Waals surface area contributed by atoms with Gasteiger partial charge in [-0.3, -0.25) is 29.1 Å². The Morgan fingerprint density at radius 1 is 1.05 bits per heavy atom. The molecule has 0 radical (unpaired) electrons. The molecule has 3 aromatic rings. The summed E-state index contributed by atoms with van der Waals surface area (Å²) in [5.74, 6) is -1.50. The predicted octanol–water partition coefficient (Wildman–Crippen LogP) is 2.08. The minimum atomic E-state index is -3.53. The molecule has 1 fully saturated rings. The maximum atomic E-state index is 13.6. The van der Waals surface area contributed by atoms with Crippen LogP contribution in [0.5, 0.6) is 0 Å². The van der Waals surface area contributed by atoms with Gasteiger partial charge in [-0.1, -0.05) is 29.5 Å². The summed E-state index contributed by atoms with van der Waals surface area (Å²) in [6.45, 7) is 2.99. The number of carbonyl (C=O) groups excluding carboxylic acids is 3. The fourth-order valence-electron chi connectivity index (χ4n) is 4.32. The summed E-state index contributed by atoms with van der Waals surface area (Å²) < 4.78 is 30.6. The number of benzene rings is 2. The molecular formula is C24H25ClN4O6S2. The molecule has 0 atom stereocenters. The molecule has 3 heterocycles. The van der Waals surface area contributed by atoms with E-state index in [0.29, 0.717) is 35.1 Å². The van der Waals surface area contributed by atoms with Crippen LogP contribution in [0.25, 0.3) is 10.2 Å². The maximum Gasteiger partial charge on any atom is 0.262 e. The van der Waals surface area contributed by atoms with Gasteiger partial charge < -0.3 is 4.74 Å². The van der Waals surface area contributed by atoms with Gasteiger partial charge in [-0.2, -0.15) is 0 Å². The van der Waals surface area contributed by atoms with Crippen molar-refractivity contribution >= 4 is 66.7 Å². The molecule has 2 aliphatic rings. The van der Waals surface area contributed by atoms with Gasteiger partial charge in [0.25, 0.3) is 11.8 Å². The number of halogens is 1. The third-order valence-electron chi connectivity index (χ3n) is 6.22. The van der Waals surface area contributed by atoms with E-state index in [1.807, 2.05) is 0 Å². The number of anilines is 1. The van der Waals surface area contributed by atoms with Crippen molar-refractivity contribution in [3.05, 3.63) is 53.6 Å². The summed E-state index contributed by atoms with van der Waals surface area (Å²) in [6.07, 6.45) is 1.12. The fourth-order valence-corrected chi connectivity index (χ4v) is 6.26. The van der Waals surface area contributed by atoms with Crippen molar-refractivity contribution in [1.82, 2.24) is 14.8 Å². The highest BCUT2D eigenvalue weighted by Gasteiger charge is 2.37. The topological polar surface area (TPSA) is 117 Å². The lowest BCUT2D eigenvalue weighted by Gasteiger charge is -2.29. The number of carbonyl (C=O) groups is 3. The highest BCUT2D eigenvalue weighted by atomic mass is 35.5. The van der Waals surface area contributed by atoms with Crippen LogP contribution < -0.4 is 4.90 Å². The number of rotatable bonds is 7. The van der Waals surface area contributed by atoms with Gasteiger partial charge in [-0.15, -0.1) is 12.4 Å². The third-order valence-corrected chi connectivity index (χ3v) is 8.39. The van der Waals surface area contributed by atoms with E-state index in [4.69, 9.17) is 4.74 Å². The van der Waals surface area contributed by atoms with Crippen molar-refractivity contribution in [3.8, 4) is 0 Å². The summed E-state index contributed by atoms with van der Waals surface area (Å²) >= 11 is 1.20. The number of para-hydroxylation sites is 1. The Morgan fingerprint density at radius 2 is 1.70 bits per heavy atom. The van der Waals surface area contributed by atoms with E-state index in [1.54, 1.807) is 36.4 Å². The van der Waals surface area contributed by atoms with Gasteiger partial charge in [0.15, 0.2) is 15.0 Å². The number of nitrogens with zero attached hydrogens (tertiary/aromatic N) is 4. The first-order valence-corrected chi connectivity index (χ1v) is 14.1. The largest absolute Gasteiger partial charge is 0.379 e. The molecule has 0 saturated carbocycles. The van der Waals surface area contributed by atoms with Gasteiger partial charge in [0, 0.05) is 32.4 Å². The monoisotopic (exact) mass is 564 g/mol. The highest BCUT2D eigenvalue weighted by molar-refractivity contribution is 7.91. The normalized spacial score (nSPS) is 16.1. The Hall–Kier alpha value is -2.90. The molecule has 3 amide bonds. The van der Waals surface area contributed by atoms with E-state index in [9.17, 15) is 22.8 Å². The molecule has 5 rings (SSSR count). The van der Waals surface area contributed by atoms with Crippen LogP contribution in [0.2, 0.25) is 0 Å². The van der Waals surface area contributed by atoms with E-state index in [0.717, 1.165) is 24.2 Å². The van der Waals surface area contributed by atoms with Crippen LogP contribution in [-0.2, 0) is 19.4 Å². The summed E-state index contributed by atoms with van der Waals surface area (Å²) in [7, 11) is -3.53. The van der Waals surface area contributed by atoms with Gasteiger partial charge in [0.2, 0.25) is 5.91 Å². The smallest absolute Gasteiger partial charge is 0.262 e. The predicted molar refractivity (Wildman–Crippen MR) is 141 cm³/mol. The van der Waals surface area contributed by atoms with E-state index in [2.05, 4.69) is 9.88 Å². The summed E-state index contributed by atoms with van der Waals surface area (Å²) in [4.78, 5) is 48.4. The molecule has 0 bridgehead atoms. The third kappa shape index (κ3) is 5.39. The number of amides is 3. The van der Waals surface area contributed by atoms with Crippen LogP contribution in [-0.4, -0.2) is 93.1 Å². The van der Waals surface area contributed by atoms with Gasteiger partial charge in [-0.25, -0.2) is 13.4 Å². The summed E-state index contributed by atoms with van der Waals surface area (Å²) in [6, 6.07) is 11.3. The first kappa shape index (κ1) is 27.1.